The van der Waals surface area contributed by atoms with Gasteiger partial charge in [-0.25, -0.2) is 4.98 Å². The van der Waals surface area contributed by atoms with Gasteiger partial charge in [0.1, 0.15) is 0 Å². The molecule has 0 atom stereocenters. The van der Waals surface area contributed by atoms with E-state index in [9.17, 15) is 0 Å². The predicted molar refractivity (Wildman–Crippen MR) is 57.8 cm³/mol. The molecule has 2 aromatic rings. The number of nitrogens with one attached hydrogen (secondary N) is 1. The van der Waals surface area contributed by atoms with Crippen molar-refractivity contribution in [2.45, 2.75) is 6.42 Å². The van der Waals surface area contributed by atoms with Crippen LogP contribution in [-0.4, -0.2) is 23.0 Å². The molecule has 2 heterocycles. The quantitative estimate of drug-likeness (QED) is 0.835. The Labute approximate surface area is 87.7 Å². The van der Waals surface area contributed by atoms with E-state index in [1.807, 2.05) is 36.0 Å². The van der Waals surface area contributed by atoms with E-state index in [-0.39, 0.29) is 0 Å². The van der Waals surface area contributed by atoms with Gasteiger partial charge in [0.15, 0.2) is 5.65 Å². The predicted octanol–water partition coefficient (Wildman–Crippen LogP) is 1.75. The molecule has 4 heteroatoms. The van der Waals surface area contributed by atoms with Crippen LogP contribution in [0.5, 0.6) is 0 Å². The molecule has 2 aromatic heterocycles. The third kappa shape index (κ3) is 1.61. The van der Waals surface area contributed by atoms with Gasteiger partial charge in [-0.3, -0.25) is 0 Å². The molecule has 0 spiro atoms. The van der Waals surface area contributed by atoms with Gasteiger partial charge in [0, 0.05) is 31.1 Å². The maximum absolute atomic E-state index is 6.01. The van der Waals surface area contributed by atoms with Crippen LogP contribution in [0.2, 0.25) is 5.02 Å². The summed E-state index contributed by atoms with van der Waals surface area (Å²) in [6.07, 6.45) is 4.82. The van der Waals surface area contributed by atoms with Crippen molar-refractivity contribution in [2.75, 3.05) is 13.6 Å². The molecule has 0 fully saturated rings. The topological polar surface area (TPSA) is 29.3 Å². The summed E-state index contributed by atoms with van der Waals surface area (Å²) in [5.74, 6) is 0. The Hall–Kier alpha value is -1.06. The fraction of sp³-hybridized carbons (Fsp3) is 0.300. The lowest BCUT2D eigenvalue weighted by Crippen LogP contribution is -2.11. The third-order valence-corrected chi connectivity index (χ3v) is 2.49. The number of fused-ring (bicyclic) bond motifs is 1. The van der Waals surface area contributed by atoms with Crippen molar-refractivity contribution in [1.82, 2.24) is 14.7 Å². The SMILES string of the molecule is CNCCc1cnc2c(Cl)cccn12. The fourth-order valence-corrected chi connectivity index (χ4v) is 1.68. The standard InChI is InChI=1S/C10H12ClN3/c1-12-5-4-8-7-13-10-9(11)3-2-6-14(8)10/h2-3,6-7,12H,4-5H2,1H3. The highest BCUT2D eigenvalue weighted by Gasteiger charge is 2.04. The Morgan fingerprint density at radius 2 is 2.43 bits per heavy atom. The summed E-state index contributed by atoms with van der Waals surface area (Å²) < 4.78 is 2.03. The Kier molecular flexibility index (Phi) is 2.70. The van der Waals surface area contributed by atoms with E-state index >= 15 is 0 Å². The molecule has 0 saturated heterocycles. The summed E-state index contributed by atoms with van der Waals surface area (Å²) in [6, 6.07) is 3.78. The van der Waals surface area contributed by atoms with Gasteiger partial charge in [-0.15, -0.1) is 0 Å². The van der Waals surface area contributed by atoms with E-state index in [4.69, 9.17) is 11.6 Å². The molecule has 0 unspecified atom stereocenters. The molecule has 0 aliphatic heterocycles. The smallest absolute Gasteiger partial charge is 0.155 e. The van der Waals surface area contributed by atoms with Crippen LogP contribution >= 0.6 is 11.6 Å². The zero-order valence-corrected chi connectivity index (χ0v) is 8.75. The van der Waals surface area contributed by atoms with Crippen molar-refractivity contribution in [3.63, 3.8) is 0 Å². The van der Waals surface area contributed by atoms with E-state index in [1.165, 1.54) is 5.69 Å². The Balaban J connectivity index is 2.42. The molecule has 1 N–H and O–H groups in total. The molecule has 3 nitrogen and oxygen atoms in total. The molecular formula is C10H12ClN3. The first kappa shape index (κ1) is 9.49. The van der Waals surface area contributed by atoms with Gasteiger partial charge < -0.3 is 9.72 Å². The Morgan fingerprint density at radius 3 is 3.21 bits per heavy atom. The number of likely N-dealkylation sites (N-methyl/N-ethyl adjacent to an activating group) is 1. The summed E-state index contributed by atoms with van der Waals surface area (Å²) >= 11 is 6.01. The largest absolute Gasteiger partial charge is 0.319 e. The van der Waals surface area contributed by atoms with E-state index in [1.54, 1.807) is 0 Å². The monoisotopic (exact) mass is 209 g/mol. The van der Waals surface area contributed by atoms with Gasteiger partial charge in [0.25, 0.3) is 0 Å². The lowest BCUT2D eigenvalue weighted by molar-refractivity contribution is 0.771. The van der Waals surface area contributed by atoms with Crippen molar-refractivity contribution in [3.8, 4) is 0 Å². The molecule has 0 aliphatic carbocycles. The summed E-state index contributed by atoms with van der Waals surface area (Å²) in [6.45, 7) is 0.945. The highest BCUT2D eigenvalue weighted by Crippen LogP contribution is 2.16. The average Bonchev–Trinajstić information content (AvgIpc) is 2.60. The first-order chi connectivity index (χ1) is 6.83. The molecule has 2 rings (SSSR count). The second-order valence-corrected chi connectivity index (χ2v) is 3.56. The van der Waals surface area contributed by atoms with Gasteiger partial charge in [-0.2, -0.15) is 0 Å². The van der Waals surface area contributed by atoms with Crippen LogP contribution in [-0.2, 0) is 6.42 Å². The van der Waals surface area contributed by atoms with Gasteiger partial charge in [-0.1, -0.05) is 11.6 Å². The maximum atomic E-state index is 6.01. The maximum Gasteiger partial charge on any atom is 0.155 e. The molecule has 0 bridgehead atoms. The second-order valence-electron chi connectivity index (χ2n) is 3.15. The van der Waals surface area contributed by atoms with Gasteiger partial charge in [-0.05, 0) is 19.2 Å². The summed E-state index contributed by atoms with van der Waals surface area (Å²) in [5, 5.41) is 3.81. The highest BCUT2D eigenvalue weighted by atomic mass is 35.5. The van der Waals surface area contributed by atoms with Crippen LogP contribution in [0.1, 0.15) is 5.69 Å². The first-order valence-corrected chi connectivity index (χ1v) is 4.96. The van der Waals surface area contributed by atoms with Gasteiger partial charge in [0.2, 0.25) is 0 Å². The zero-order chi connectivity index (χ0) is 9.97. The zero-order valence-electron chi connectivity index (χ0n) is 8.00. The van der Waals surface area contributed by atoms with Crippen LogP contribution in [0, 0.1) is 0 Å². The van der Waals surface area contributed by atoms with Crippen molar-refractivity contribution in [3.05, 3.63) is 35.2 Å². The lowest BCUT2D eigenvalue weighted by atomic mass is 10.3. The molecule has 0 aromatic carbocycles. The minimum Gasteiger partial charge on any atom is -0.319 e. The number of nitrogens with zero attached hydrogens (tertiary/aromatic N) is 2. The molecule has 14 heavy (non-hydrogen) atoms. The highest BCUT2D eigenvalue weighted by molar-refractivity contribution is 6.33. The third-order valence-electron chi connectivity index (χ3n) is 2.20. The minimum absolute atomic E-state index is 0.697. The summed E-state index contributed by atoms with van der Waals surface area (Å²) in [4.78, 5) is 4.27. The summed E-state index contributed by atoms with van der Waals surface area (Å²) in [7, 11) is 1.94. The molecule has 0 radical (unpaired) electrons. The number of hydrogen-bond donors (Lipinski definition) is 1. The second kappa shape index (κ2) is 3.98. The van der Waals surface area contributed by atoms with Crippen LogP contribution in [0.4, 0.5) is 0 Å². The van der Waals surface area contributed by atoms with Gasteiger partial charge >= 0.3 is 0 Å². The van der Waals surface area contributed by atoms with Crippen molar-refractivity contribution >= 4 is 17.2 Å². The van der Waals surface area contributed by atoms with Crippen molar-refractivity contribution < 1.29 is 0 Å². The number of imidazole rings is 1. The number of aromatic nitrogens is 2. The number of rotatable bonds is 3. The normalized spacial score (nSPS) is 11.0. The van der Waals surface area contributed by atoms with Crippen molar-refractivity contribution in [1.29, 1.82) is 0 Å². The minimum atomic E-state index is 0.697. The summed E-state index contributed by atoms with van der Waals surface area (Å²) in [5.41, 5.74) is 2.01. The van der Waals surface area contributed by atoms with Crippen LogP contribution < -0.4 is 5.32 Å². The van der Waals surface area contributed by atoms with Gasteiger partial charge in [0.05, 0.1) is 5.02 Å². The van der Waals surface area contributed by atoms with Crippen LogP contribution in [0.15, 0.2) is 24.5 Å². The number of halogens is 1. The molecule has 0 saturated carbocycles. The van der Waals surface area contributed by atoms with Crippen molar-refractivity contribution in [2.24, 2.45) is 0 Å². The first-order valence-electron chi connectivity index (χ1n) is 4.58. The number of pyridine rings is 1. The Morgan fingerprint density at radius 1 is 1.57 bits per heavy atom. The van der Waals surface area contributed by atoms with E-state index in [0.29, 0.717) is 5.02 Å². The molecule has 0 amide bonds. The molecular weight excluding hydrogens is 198 g/mol. The fourth-order valence-electron chi connectivity index (χ4n) is 1.47. The lowest BCUT2D eigenvalue weighted by Gasteiger charge is -2.01. The molecule has 0 aliphatic rings. The van der Waals surface area contributed by atoms with Crippen LogP contribution in [0.25, 0.3) is 5.65 Å². The van der Waals surface area contributed by atoms with E-state index < -0.39 is 0 Å². The Bertz CT molecular complexity index is 436. The average molecular weight is 210 g/mol. The van der Waals surface area contributed by atoms with E-state index in [2.05, 4.69) is 10.3 Å². The van der Waals surface area contributed by atoms with E-state index in [0.717, 1.165) is 18.6 Å². The van der Waals surface area contributed by atoms with Crippen LogP contribution in [0.3, 0.4) is 0 Å². The molecule has 74 valence electrons. The number of hydrogen-bond acceptors (Lipinski definition) is 2.